The highest BCUT2D eigenvalue weighted by Gasteiger charge is 2.13. The molecule has 120 valence electrons. The first-order chi connectivity index (χ1) is 11.8. The zero-order chi connectivity index (χ0) is 16.8. The van der Waals surface area contributed by atoms with Gasteiger partial charge >= 0.3 is 0 Å². The summed E-state index contributed by atoms with van der Waals surface area (Å²) in [5.41, 5.74) is 2.81. The second-order valence-electron chi connectivity index (χ2n) is 5.29. The maximum Gasteiger partial charge on any atom is 0.191 e. The lowest BCUT2D eigenvalue weighted by atomic mass is 10.2. The van der Waals surface area contributed by atoms with E-state index in [4.69, 9.17) is 5.26 Å². The van der Waals surface area contributed by atoms with Crippen LogP contribution in [0.2, 0.25) is 0 Å². The first-order valence-electron chi connectivity index (χ1n) is 7.77. The summed E-state index contributed by atoms with van der Waals surface area (Å²) >= 11 is 1.64. The number of hydrogen-bond acceptors (Lipinski definition) is 5. The van der Waals surface area contributed by atoms with Crippen molar-refractivity contribution in [1.29, 1.82) is 5.26 Å². The lowest BCUT2D eigenvalue weighted by Crippen LogP contribution is -2.02. The fraction of sp³-hybridized carbons (Fsp3) is 0.222. The monoisotopic (exact) mass is 335 g/mol. The Kier molecular flexibility index (Phi) is 5.24. The fourth-order valence-electron chi connectivity index (χ4n) is 2.41. The smallest absolute Gasteiger partial charge is 0.191 e. The third-order valence-electron chi connectivity index (χ3n) is 3.53. The van der Waals surface area contributed by atoms with E-state index in [1.807, 2.05) is 36.4 Å². The molecule has 0 atom stereocenters. The molecule has 0 N–H and O–H groups in total. The van der Waals surface area contributed by atoms with Crippen molar-refractivity contribution in [2.24, 2.45) is 0 Å². The minimum absolute atomic E-state index is 0.681. The number of rotatable bonds is 6. The molecule has 24 heavy (non-hydrogen) atoms. The first-order valence-corrected chi connectivity index (χ1v) is 8.76. The molecule has 0 aliphatic rings. The molecule has 3 aromatic rings. The van der Waals surface area contributed by atoms with Crippen LogP contribution in [-0.4, -0.2) is 19.7 Å². The minimum atomic E-state index is 0.681. The van der Waals surface area contributed by atoms with Gasteiger partial charge in [0.2, 0.25) is 0 Å². The van der Waals surface area contributed by atoms with E-state index in [0.717, 1.165) is 40.8 Å². The zero-order valence-electron chi connectivity index (χ0n) is 13.4. The summed E-state index contributed by atoms with van der Waals surface area (Å²) in [4.78, 5) is 4.06. The van der Waals surface area contributed by atoms with Crippen molar-refractivity contribution < 1.29 is 0 Å². The summed E-state index contributed by atoms with van der Waals surface area (Å²) in [6.07, 6.45) is 4.54. The molecule has 0 saturated heterocycles. The van der Waals surface area contributed by atoms with E-state index in [0.29, 0.717) is 5.56 Å². The van der Waals surface area contributed by atoms with E-state index >= 15 is 0 Å². The second kappa shape index (κ2) is 7.75. The fourth-order valence-corrected chi connectivity index (χ4v) is 3.32. The molecule has 0 aliphatic heterocycles. The van der Waals surface area contributed by atoms with Gasteiger partial charge in [-0.3, -0.25) is 4.98 Å². The van der Waals surface area contributed by atoms with Crippen molar-refractivity contribution >= 4 is 11.8 Å². The quantitative estimate of drug-likeness (QED) is 0.639. The molecule has 3 rings (SSSR count). The topological polar surface area (TPSA) is 67.4 Å². The molecule has 0 fully saturated rings. The van der Waals surface area contributed by atoms with Crippen molar-refractivity contribution in [3.63, 3.8) is 0 Å². The van der Waals surface area contributed by atoms with Crippen LogP contribution in [0.15, 0.2) is 53.9 Å². The molecular formula is C18H17N5S. The van der Waals surface area contributed by atoms with Gasteiger partial charge in [0.05, 0.1) is 11.6 Å². The molecule has 0 radical (unpaired) electrons. The number of thioether (sulfide) groups is 1. The second-order valence-corrected chi connectivity index (χ2v) is 6.24. The molecule has 6 heteroatoms. The maximum absolute atomic E-state index is 9.00. The summed E-state index contributed by atoms with van der Waals surface area (Å²) in [5, 5.41) is 18.6. The Hall–Kier alpha value is -2.65. The van der Waals surface area contributed by atoms with Crippen LogP contribution in [0.5, 0.6) is 0 Å². The Labute approximate surface area is 145 Å². The van der Waals surface area contributed by atoms with Crippen LogP contribution in [-0.2, 0) is 12.3 Å². The van der Waals surface area contributed by atoms with Crippen molar-refractivity contribution in [2.75, 3.05) is 0 Å². The van der Waals surface area contributed by atoms with E-state index in [9.17, 15) is 0 Å². The molecule has 2 aromatic heterocycles. The van der Waals surface area contributed by atoms with Crippen LogP contribution in [0.3, 0.4) is 0 Å². The van der Waals surface area contributed by atoms with E-state index in [1.54, 1.807) is 24.2 Å². The summed E-state index contributed by atoms with van der Waals surface area (Å²) in [6, 6.07) is 13.7. The van der Waals surface area contributed by atoms with Gasteiger partial charge in [-0.25, -0.2) is 0 Å². The van der Waals surface area contributed by atoms with Crippen molar-refractivity contribution in [2.45, 2.75) is 30.8 Å². The van der Waals surface area contributed by atoms with Crippen LogP contribution in [0.4, 0.5) is 0 Å². The lowest BCUT2D eigenvalue weighted by molar-refractivity contribution is 0.626. The summed E-state index contributed by atoms with van der Waals surface area (Å²) in [5.74, 6) is 1.63. The van der Waals surface area contributed by atoms with E-state index in [2.05, 4.69) is 32.7 Å². The average Bonchev–Trinajstić information content (AvgIpc) is 3.04. The highest BCUT2D eigenvalue weighted by Crippen LogP contribution is 2.26. The number of aromatic nitrogens is 4. The maximum atomic E-state index is 9.00. The normalized spacial score (nSPS) is 10.5. The molecule has 0 bridgehead atoms. The molecule has 0 aliphatic carbocycles. The molecule has 1 aromatic carbocycles. The predicted molar refractivity (Wildman–Crippen MR) is 94.3 cm³/mol. The van der Waals surface area contributed by atoms with Gasteiger partial charge in [-0.2, -0.15) is 5.26 Å². The zero-order valence-corrected chi connectivity index (χ0v) is 14.2. The van der Waals surface area contributed by atoms with Crippen LogP contribution in [0.1, 0.15) is 24.5 Å². The van der Waals surface area contributed by atoms with Gasteiger partial charge in [0.15, 0.2) is 11.0 Å². The van der Waals surface area contributed by atoms with Gasteiger partial charge in [0, 0.05) is 30.3 Å². The first kappa shape index (κ1) is 16.2. The average molecular weight is 335 g/mol. The number of hydrogen-bond donors (Lipinski definition) is 0. The number of benzene rings is 1. The van der Waals surface area contributed by atoms with Gasteiger partial charge in [0.25, 0.3) is 0 Å². The minimum Gasteiger partial charge on any atom is -0.302 e. The largest absolute Gasteiger partial charge is 0.302 e. The van der Waals surface area contributed by atoms with Gasteiger partial charge in [-0.1, -0.05) is 30.8 Å². The van der Waals surface area contributed by atoms with Gasteiger partial charge in [-0.05, 0) is 36.2 Å². The Morgan fingerprint density at radius 1 is 1.17 bits per heavy atom. The molecule has 0 spiro atoms. The highest BCUT2D eigenvalue weighted by atomic mass is 32.2. The van der Waals surface area contributed by atoms with Crippen LogP contribution < -0.4 is 0 Å². The Morgan fingerprint density at radius 2 is 2.00 bits per heavy atom. The third-order valence-corrected chi connectivity index (χ3v) is 4.56. The molecule has 0 unspecified atom stereocenters. The van der Waals surface area contributed by atoms with Gasteiger partial charge < -0.3 is 4.57 Å². The van der Waals surface area contributed by atoms with Crippen LogP contribution in [0, 0.1) is 11.3 Å². The van der Waals surface area contributed by atoms with Crippen molar-refractivity contribution in [3.05, 3.63) is 59.9 Å². The summed E-state index contributed by atoms with van der Waals surface area (Å²) in [6.45, 7) is 3.01. The van der Waals surface area contributed by atoms with Crippen LogP contribution >= 0.6 is 11.8 Å². The van der Waals surface area contributed by atoms with Crippen LogP contribution in [0.25, 0.3) is 11.4 Å². The Morgan fingerprint density at radius 3 is 2.75 bits per heavy atom. The SMILES string of the molecule is CCCn1c(SCc2cccc(C#N)c2)nnc1-c1ccncc1. The van der Waals surface area contributed by atoms with Gasteiger partial charge in [-0.15, -0.1) is 10.2 Å². The molecular weight excluding hydrogens is 318 g/mol. The number of nitriles is 1. The summed E-state index contributed by atoms with van der Waals surface area (Å²) < 4.78 is 2.15. The Bertz CT molecular complexity index is 851. The summed E-state index contributed by atoms with van der Waals surface area (Å²) in [7, 11) is 0. The van der Waals surface area contributed by atoms with Crippen molar-refractivity contribution in [1.82, 2.24) is 19.7 Å². The third kappa shape index (κ3) is 3.63. The predicted octanol–water partition coefficient (Wildman–Crippen LogP) is 3.91. The molecule has 5 nitrogen and oxygen atoms in total. The number of pyridine rings is 1. The van der Waals surface area contributed by atoms with Gasteiger partial charge in [0.1, 0.15) is 0 Å². The number of nitrogens with zero attached hydrogens (tertiary/aromatic N) is 5. The molecule has 0 amide bonds. The lowest BCUT2D eigenvalue weighted by Gasteiger charge is -2.09. The Balaban J connectivity index is 1.83. The van der Waals surface area contributed by atoms with E-state index < -0.39 is 0 Å². The molecule has 2 heterocycles. The van der Waals surface area contributed by atoms with Crippen molar-refractivity contribution in [3.8, 4) is 17.5 Å². The van der Waals surface area contributed by atoms with E-state index in [-0.39, 0.29) is 0 Å². The molecule has 0 saturated carbocycles. The van der Waals surface area contributed by atoms with E-state index in [1.165, 1.54) is 0 Å². The standard InChI is InChI=1S/C18H17N5S/c1-2-10-23-17(16-6-8-20-9-7-16)21-22-18(23)24-13-15-5-3-4-14(11-15)12-19/h3-9,11H,2,10,13H2,1H3. The highest BCUT2D eigenvalue weighted by molar-refractivity contribution is 7.98.